The molecule has 2 atom stereocenters. The standard InChI is InChI=1S/C14H19N3O2/c1-11-4-3-5-12(2)16(11)15-10-13-6-8-14(9-7-13)17(18)19/h6-12H,3-5H2,1-2H3/b15-10-/t11-,12-/m0/s1. The second-order valence-corrected chi connectivity index (χ2v) is 5.10. The van der Waals surface area contributed by atoms with Crippen LogP contribution in [0.1, 0.15) is 38.7 Å². The van der Waals surface area contributed by atoms with Crippen LogP contribution in [-0.2, 0) is 0 Å². The van der Waals surface area contributed by atoms with E-state index in [1.165, 1.54) is 31.4 Å². The highest BCUT2D eigenvalue weighted by Gasteiger charge is 2.22. The summed E-state index contributed by atoms with van der Waals surface area (Å²) in [6.07, 6.45) is 5.37. The third-order valence-electron chi connectivity index (χ3n) is 3.59. The molecular weight excluding hydrogens is 242 g/mol. The fourth-order valence-corrected chi connectivity index (χ4v) is 2.45. The number of non-ortho nitro benzene ring substituents is 1. The first-order chi connectivity index (χ1) is 9.08. The quantitative estimate of drug-likeness (QED) is 0.477. The smallest absolute Gasteiger partial charge is 0.269 e. The molecule has 2 rings (SSSR count). The van der Waals surface area contributed by atoms with Crippen molar-refractivity contribution < 1.29 is 4.92 Å². The summed E-state index contributed by atoms with van der Waals surface area (Å²) in [5.41, 5.74) is 0.993. The number of rotatable bonds is 3. The first-order valence-corrected chi connectivity index (χ1v) is 6.64. The number of nitrogens with zero attached hydrogens (tertiary/aromatic N) is 3. The van der Waals surface area contributed by atoms with Gasteiger partial charge in [-0.3, -0.25) is 15.1 Å². The molecular formula is C14H19N3O2. The van der Waals surface area contributed by atoms with Crippen molar-refractivity contribution in [3.8, 4) is 0 Å². The van der Waals surface area contributed by atoms with Crippen LogP contribution in [-0.4, -0.2) is 28.2 Å². The molecule has 0 radical (unpaired) electrons. The zero-order chi connectivity index (χ0) is 13.8. The van der Waals surface area contributed by atoms with E-state index < -0.39 is 4.92 Å². The molecule has 102 valence electrons. The Balaban J connectivity index is 2.07. The molecule has 1 fully saturated rings. The summed E-state index contributed by atoms with van der Waals surface area (Å²) in [4.78, 5) is 10.2. The highest BCUT2D eigenvalue weighted by atomic mass is 16.6. The normalized spacial score (nSPS) is 23.8. The van der Waals surface area contributed by atoms with Gasteiger partial charge < -0.3 is 0 Å². The van der Waals surface area contributed by atoms with Gasteiger partial charge in [-0.05, 0) is 50.8 Å². The fourth-order valence-electron chi connectivity index (χ4n) is 2.45. The Bertz CT molecular complexity index is 460. The predicted octanol–water partition coefficient (Wildman–Crippen LogP) is 3.19. The van der Waals surface area contributed by atoms with Gasteiger partial charge in [0.05, 0.1) is 11.1 Å². The fraction of sp³-hybridized carbons (Fsp3) is 0.500. The van der Waals surface area contributed by atoms with Crippen molar-refractivity contribution in [1.82, 2.24) is 5.01 Å². The highest BCUT2D eigenvalue weighted by Crippen LogP contribution is 2.22. The summed E-state index contributed by atoms with van der Waals surface area (Å²) in [6, 6.07) is 7.37. The Morgan fingerprint density at radius 2 is 1.84 bits per heavy atom. The van der Waals surface area contributed by atoms with Gasteiger partial charge in [-0.15, -0.1) is 0 Å². The van der Waals surface area contributed by atoms with Gasteiger partial charge in [0.2, 0.25) is 0 Å². The second-order valence-electron chi connectivity index (χ2n) is 5.10. The van der Waals surface area contributed by atoms with Crippen LogP contribution in [0, 0.1) is 10.1 Å². The summed E-state index contributed by atoms with van der Waals surface area (Å²) in [5, 5.41) is 17.2. The summed E-state index contributed by atoms with van der Waals surface area (Å²) in [6.45, 7) is 4.37. The van der Waals surface area contributed by atoms with Crippen LogP contribution in [0.15, 0.2) is 29.4 Å². The van der Waals surface area contributed by atoms with Gasteiger partial charge in [0, 0.05) is 24.2 Å². The lowest BCUT2D eigenvalue weighted by Gasteiger charge is -2.36. The third kappa shape index (κ3) is 3.30. The van der Waals surface area contributed by atoms with E-state index in [9.17, 15) is 10.1 Å². The van der Waals surface area contributed by atoms with Crippen molar-refractivity contribution in [2.45, 2.75) is 45.2 Å². The molecule has 0 aliphatic carbocycles. The maximum absolute atomic E-state index is 10.6. The van der Waals surface area contributed by atoms with E-state index in [-0.39, 0.29) is 5.69 Å². The molecule has 0 unspecified atom stereocenters. The molecule has 5 nitrogen and oxygen atoms in total. The average Bonchev–Trinajstić information content (AvgIpc) is 2.38. The van der Waals surface area contributed by atoms with Crippen LogP contribution < -0.4 is 0 Å². The molecule has 1 aromatic rings. The van der Waals surface area contributed by atoms with Crippen molar-refractivity contribution in [2.75, 3.05) is 0 Å². The number of benzene rings is 1. The molecule has 0 saturated carbocycles. The van der Waals surface area contributed by atoms with Crippen LogP contribution in [0.4, 0.5) is 5.69 Å². The summed E-state index contributed by atoms with van der Waals surface area (Å²) in [5.74, 6) is 0. The molecule has 0 spiro atoms. The zero-order valence-electron chi connectivity index (χ0n) is 11.3. The molecule has 1 saturated heterocycles. The van der Waals surface area contributed by atoms with E-state index in [0.29, 0.717) is 12.1 Å². The van der Waals surface area contributed by atoms with E-state index >= 15 is 0 Å². The van der Waals surface area contributed by atoms with Crippen molar-refractivity contribution in [2.24, 2.45) is 5.10 Å². The number of hydrogen-bond donors (Lipinski definition) is 0. The molecule has 1 aliphatic heterocycles. The van der Waals surface area contributed by atoms with E-state index in [1.807, 2.05) is 0 Å². The van der Waals surface area contributed by atoms with Crippen LogP contribution >= 0.6 is 0 Å². The summed E-state index contributed by atoms with van der Waals surface area (Å²) in [7, 11) is 0. The Labute approximate surface area is 113 Å². The Hall–Kier alpha value is -1.91. The monoisotopic (exact) mass is 261 g/mol. The van der Waals surface area contributed by atoms with Gasteiger partial charge >= 0.3 is 0 Å². The SMILES string of the molecule is C[C@H]1CCC[C@H](C)N1/N=C\c1ccc([N+](=O)[O-])cc1. The number of nitro groups is 1. The van der Waals surface area contributed by atoms with Gasteiger partial charge in [-0.1, -0.05) is 0 Å². The van der Waals surface area contributed by atoms with Gasteiger partial charge in [-0.2, -0.15) is 5.10 Å². The molecule has 0 aromatic heterocycles. The van der Waals surface area contributed by atoms with Crippen molar-refractivity contribution in [3.05, 3.63) is 39.9 Å². The Kier molecular flexibility index (Phi) is 4.14. The minimum Gasteiger partial charge on any atom is -0.292 e. The van der Waals surface area contributed by atoms with E-state index in [1.54, 1.807) is 18.3 Å². The van der Waals surface area contributed by atoms with Gasteiger partial charge in [0.15, 0.2) is 0 Å². The van der Waals surface area contributed by atoms with Crippen molar-refractivity contribution in [1.29, 1.82) is 0 Å². The number of piperidine rings is 1. The molecule has 19 heavy (non-hydrogen) atoms. The molecule has 5 heteroatoms. The molecule has 0 N–H and O–H groups in total. The number of hydrazone groups is 1. The lowest BCUT2D eigenvalue weighted by Crippen LogP contribution is -2.39. The van der Waals surface area contributed by atoms with Crippen molar-refractivity contribution >= 4 is 11.9 Å². The molecule has 1 heterocycles. The minimum absolute atomic E-state index is 0.108. The summed E-state index contributed by atoms with van der Waals surface area (Å²) < 4.78 is 0. The van der Waals surface area contributed by atoms with Crippen molar-refractivity contribution in [3.63, 3.8) is 0 Å². The van der Waals surface area contributed by atoms with Crippen LogP contribution in [0.3, 0.4) is 0 Å². The minimum atomic E-state index is -0.393. The lowest BCUT2D eigenvalue weighted by atomic mass is 10.00. The second kappa shape index (κ2) is 5.82. The average molecular weight is 261 g/mol. The van der Waals surface area contributed by atoms with E-state index in [0.717, 1.165) is 5.56 Å². The van der Waals surface area contributed by atoms with Gasteiger partial charge in [0.25, 0.3) is 5.69 Å². The topological polar surface area (TPSA) is 58.7 Å². The number of nitro benzene ring substituents is 1. The Morgan fingerprint density at radius 1 is 1.26 bits per heavy atom. The van der Waals surface area contributed by atoms with Crippen LogP contribution in [0.5, 0.6) is 0 Å². The molecule has 0 bridgehead atoms. The lowest BCUT2D eigenvalue weighted by molar-refractivity contribution is -0.384. The maximum Gasteiger partial charge on any atom is 0.269 e. The van der Waals surface area contributed by atoms with Gasteiger partial charge in [-0.25, -0.2) is 0 Å². The number of hydrogen-bond acceptors (Lipinski definition) is 4. The molecule has 0 amide bonds. The molecule has 1 aliphatic rings. The van der Waals surface area contributed by atoms with Crippen LogP contribution in [0.2, 0.25) is 0 Å². The molecule has 1 aromatic carbocycles. The van der Waals surface area contributed by atoms with E-state index in [4.69, 9.17) is 0 Å². The zero-order valence-corrected chi connectivity index (χ0v) is 11.3. The highest BCUT2D eigenvalue weighted by molar-refractivity contribution is 5.79. The maximum atomic E-state index is 10.6. The Morgan fingerprint density at radius 3 is 2.37 bits per heavy atom. The summed E-state index contributed by atoms with van der Waals surface area (Å²) >= 11 is 0. The van der Waals surface area contributed by atoms with E-state index in [2.05, 4.69) is 24.0 Å². The largest absolute Gasteiger partial charge is 0.292 e. The first kappa shape index (κ1) is 13.5. The predicted molar refractivity (Wildman–Crippen MR) is 75.3 cm³/mol. The van der Waals surface area contributed by atoms with Gasteiger partial charge in [0.1, 0.15) is 0 Å². The van der Waals surface area contributed by atoms with Crippen LogP contribution in [0.25, 0.3) is 0 Å². The first-order valence-electron chi connectivity index (χ1n) is 6.64. The third-order valence-corrected chi connectivity index (χ3v) is 3.59.